The Morgan fingerprint density at radius 3 is 2.91 bits per heavy atom. The molecule has 0 aliphatic heterocycles. The van der Waals surface area contributed by atoms with Crippen LogP contribution in [0.1, 0.15) is 19.5 Å². The fraction of sp³-hybridized carbons (Fsp3) is 0.286. The summed E-state index contributed by atoms with van der Waals surface area (Å²) in [5.41, 5.74) is 0.688. The molecule has 0 atom stereocenters. The molecule has 0 fully saturated rings. The van der Waals surface area contributed by atoms with Crippen LogP contribution in [0.15, 0.2) is 32.2 Å². The highest BCUT2D eigenvalue weighted by Gasteiger charge is 2.17. The standard InChI is InChI=1S/C14H14N4O3S2/c1-3-17(9(2)19)13-15-10(8-23-13)7-18-12(16-21-14(18)20)11-5-4-6-22-11/h4-6,8H,3,7H2,1-2H3. The van der Waals surface area contributed by atoms with E-state index in [1.54, 1.807) is 4.90 Å². The molecule has 7 nitrogen and oxygen atoms in total. The first-order valence-corrected chi connectivity index (χ1v) is 8.69. The lowest BCUT2D eigenvalue weighted by atomic mass is 10.4. The van der Waals surface area contributed by atoms with Crippen LogP contribution in [0.4, 0.5) is 5.13 Å². The van der Waals surface area contributed by atoms with Gasteiger partial charge in [0, 0.05) is 18.8 Å². The van der Waals surface area contributed by atoms with E-state index in [1.165, 1.54) is 34.2 Å². The molecular weight excluding hydrogens is 336 g/mol. The van der Waals surface area contributed by atoms with Crippen molar-refractivity contribution in [2.24, 2.45) is 0 Å². The van der Waals surface area contributed by atoms with E-state index in [0.717, 1.165) is 4.88 Å². The Labute approximate surface area is 139 Å². The molecule has 0 aromatic carbocycles. The molecule has 1 amide bonds. The van der Waals surface area contributed by atoms with E-state index in [-0.39, 0.29) is 12.5 Å². The van der Waals surface area contributed by atoms with Gasteiger partial charge in [-0.15, -0.1) is 22.7 Å². The second-order valence-electron chi connectivity index (χ2n) is 4.72. The van der Waals surface area contributed by atoms with Crippen molar-refractivity contribution in [3.63, 3.8) is 0 Å². The Kier molecular flexibility index (Phi) is 4.39. The molecule has 3 aromatic rings. The maximum absolute atomic E-state index is 11.9. The van der Waals surface area contributed by atoms with Crippen LogP contribution in [0.5, 0.6) is 0 Å². The zero-order chi connectivity index (χ0) is 16.4. The van der Waals surface area contributed by atoms with Gasteiger partial charge in [0.05, 0.1) is 17.1 Å². The third-order valence-corrected chi connectivity index (χ3v) is 4.99. The van der Waals surface area contributed by atoms with Crippen molar-refractivity contribution in [1.82, 2.24) is 14.7 Å². The highest BCUT2D eigenvalue weighted by atomic mass is 32.1. The predicted molar refractivity (Wildman–Crippen MR) is 89.0 cm³/mol. The molecule has 0 unspecified atom stereocenters. The van der Waals surface area contributed by atoms with Gasteiger partial charge in [-0.25, -0.2) is 14.3 Å². The minimum Gasteiger partial charge on any atom is -0.295 e. The quantitative estimate of drug-likeness (QED) is 0.706. The molecule has 0 saturated carbocycles. The van der Waals surface area contributed by atoms with Gasteiger partial charge >= 0.3 is 5.76 Å². The molecule has 3 heterocycles. The molecule has 0 N–H and O–H groups in total. The minimum atomic E-state index is -0.526. The molecule has 0 spiro atoms. The molecule has 9 heteroatoms. The summed E-state index contributed by atoms with van der Waals surface area (Å²) < 4.78 is 6.22. The van der Waals surface area contributed by atoms with E-state index in [9.17, 15) is 9.59 Å². The van der Waals surface area contributed by atoms with Gasteiger partial charge in [0.2, 0.25) is 5.91 Å². The fourth-order valence-electron chi connectivity index (χ4n) is 2.14. The first-order valence-electron chi connectivity index (χ1n) is 6.93. The lowest BCUT2D eigenvalue weighted by Gasteiger charge is -2.14. The number of thiazole rings is 1. The number of hydrogen-bond acceptors (Lipinski definition) is 7. The Bertz CT molecular complexity index is 863. The number of aromatic nitrogens is 3. The highest BCUT2D eigenvalue weighted by molar-refractivity contribution is 7.14. The maximum Gasteiger partial charge on any atom is 0.442 e. The van der Waals surface area contributed by atoms with Crippen LogP contribution in [0.2, 0.25) is 0 Å². The van der Waals surface area contributed by atoms with Crippen LogP contribution in [-0.4, -0.2) is 27.2 Å². The van der Waals surface area contributed by atoms with Crippen molar-refractivity contribution >= 4 is 33.7 Å². The summed E-state index contributed by atoms with van der Waals surface area (Å²) in [5.74, 6) is -0.102. The third kappa shape index (κ3) is 3.10. The predicted octanol–water partition coefficient (Wildman–Crippen LogP) is 2.44. The summed E-state index contributed by atoms with van der Waals surface area (Å²) in [6, 6.07) is 3.76. The average Bonchev–Trinajstić information content (AvgIpc) is 3.23. The normalized spacial score (nSPS) is 10.9. The van der Waals surface area contributed by atoms with Crippen molar-refractivity contribution in [2.75, 3.05) is 11.4 Å². The number of nitrogens with zero attached hydrogens (tertiary/aromatic N) is 4. The number of anilines is 1. The van der Waals surface area contributed by atoms with Crippen molar-refractivity contribution in [1.29, 1.82) is 0 Å². The number of amides is 1. The van der Waals surface area contributed by atoms with Crippen LogP contribution in [0.25, 0.3) is 10.7 Å². The SMILES string of the molecule is CCN(C(C)=O)c1nc(Cn2c(-c3cccs3)noc2=O)cs1. The summed E-state index contributed by atoms with van der Waals surface area (Å²) in [4.78, 5) is 30.4. The van der Waals surface area contributed by atoms with Crippen LogP contribution < -0.4 is 10.7 Å². The molecular formula is C14H14N4O3S2. The fourth-order valence-corrected chi connectivity index (χ4v) is 3.78. The van der Waals surface area contributed by atoms with Crippen LogP contribution in [0, 0.1) is 0 Å². The van der Waals surface area contributed by atoms with Crippen molar-refractivity contribution in [3.05, 3.63) is 39.1 Å². The molecule has 120 valence electrons. The van der Waals surface area contributed by atoms with Crippen LogP contribution in [0.3, 0.4) is 0 Å². The number of rotatable bonds is 5. The van der Waals surface area contributed by atoms with E-state index >= 15 is 0 Å². The molecule has 23 heavy (non-hydrogen) atoms. The highest BCUT2D eigenvalue weighted by Crippen LogP contribution is 2.24. The van der Waals surface area contributed by atoms with E-state index in [2.05, 4.69) is 10.1 Å². The van der Waals surface area contributed by atoms with Gasteiger partial charge in [0.15, 0.2) is 11.0 Å². The number of thiophene rings is 1. The zero-order valence-electron chi connectivity index (χ0n) is 12.6. The van der Waals surface area contributed by atoms with Gasteiger partial charge in [-0.05, 0) is 18.4 Å². The van der Waals surface area contributed by atoms with E-state index in [4.69, 9.17) is 4.52 Å². The van der Waals surface area contributed by atoms with Crippen molar-refractivity contribution in [3.8, 4) is 10.7 Å². The van der Waals surface area contributed by atoms with E-state index < -0.39 is 5.76 Å². The molecule has 0 bridgehead atoms. The first kappa shape index (κ1) is 15.6. The zero-order valence-corrected chi connectivity index (χ0v) is 14.2. The smallest absolute Gasteiger partial charge is 0.295 e. The maximum atomic E-state index is 11.9. The Morgan fingerprint density at radius 1 is 1.43 bits per heavy atom. The third-order valence-electron chi connectivity index (χ3n) is 3.21. The van der Waals surface area contributed by atoms with Gasteiger partial charge in [0.1, 0.15) is 0 Å². The van der Waals surface area contributed by atoms with E-state index in [1.807, 2.05) is 29.8 Å². The summed E-state index contributed by atoms with van der Waals surface area (Å²) in [5, 5.41) is 8.20. The second kappa shape index (κ2) is 6.47. The number of carbonyl (C=O) groups excluding carboxylic acids is 1. The van der Waals surface area contributed by atoms with Gasteiger partial charge in [0.25, 0.3) is 0 Å². The Balaban J connectivity index is 1.89. The summed E-state index contributed by atoms with van der Waals surface area (Å²) in [6.07, 6.45) is 0. The lowest BCUT2D eigenvalue weighted by Crippen LogP contribution is -2.27. The molecule has 0 aliphatic carbocycles. The second-order valence-corrected chi connectivity index (χ2v) is 6.50. The summed E-state index contributed by atoms with van der Waals surface area (Å²) >= 11 is 2.85. The van der Waals surface area contributed by atoms with Crippen molar-refractivity contribution in [2.45, 2.75) is 20.4 Å². The molecule has 0 radical (unpaired) electrons. The summed E-state index contributed by atoms with van der Waals surface area (Å²) in [7, 11) is 0. The van der Waals surface area contributed by atoms with E-state index in [0.29, 0.717) is 23.2 Å². The lowest BCUT2D eigenvalue weighted by molar-refractivity contribution is -0.116. The van der Waals surface area contributed by atoms with Gasteiger partial charge in [-0.2, -0.15) is 0 Å². The molecule has 3 aromatic heterocycles. The van der Waals surface area contributed by atoms with Crippen LogP contribution in [-0.2, 0) is 11.3 Å². The number of hydrogen-bond donors (Lipinski definition) is 0. The first-order chi connectivity index (χ1) is 11.1. The molecule has 3 rings (SSSR count). The van der Waals surface area contributed by atoms with Gasteiger partial charge in [-0.3, -0.25) is 14.2 Å². The monoisotopic (exact) mass is 350 g/mol. The van der Waals surface area contributed by atoms with Gasteiger partial charge < -0.3 is 0 Å². The topological polar surface area (TPSA) is 81.2 Å². The largest absolute Gasteiger partial charge is 0.442 e. The average molecular weight is 350 g/mol. The van der Waals surface area contributed by atoms with Gasteiger partial charge in [-0.1, -0.05) is 11.2 Å². The van der Waals surface area contributed by atoms with Crippen LogP contribution >= 0.6 is 22.7 Å². The summed E-state index contributed by atoms with van der Waals surface area (Å²) in [6.45, 7) is 4.20. The van der Waals surface area contributed by atoms with Crippen molar-refractivity contribution < 1.29 is 9.32 Å². The minimum absolute atomic E-state index is 0.0604. The Morgan fingerprint density at radius 2 is 2.26 bits per heavy atom. The number of carbonyl (C=O) groups is 1. The molecule has 0 saturated heterocycles. The Hall–Kier alpha value is -2.26. The molecule has 0 aliphatic rings.